The van der Waals surface area contributed by atoms with E-state index in [1.54, 1.807) is 13.8 Å². The molecule has 1 aromatic carbocycles. The van der Waals surface area contributed by atoms with E-state index in [1.807, 2.05) is 30.3 Å². The average molecular weight is 360 g/mol. The lowest BCUT2D eigenvalue weighted by molar-refractivity contribution is -0.385. The number of carboxylic acids is 1. The fourth-order valence-electron chi connectivity index (χ4n) is 2.39. The second kappa shape index (κ2) is 7.77. The lowest BCUT2D eigenvalue weighted by Crippen LogP contribution is -2.47. The number of nitrogens with zero attached hydrogens (tertiary/aromatic N) is 3. The fraction of sp³-hybridized carbons (Fsp3) is 0.353. The third-order valence-corrected chi connectivity index (χ3v) is 4.09. The molecule has 1 unspecified atom stereocenters. The number of carboxylic acid groups (broad SMARTS) is 1. The van der Waals surface area contributed by atoms with Crippen LogP contribution in [0.25, 0.3) is 0 Å². The Labute approximate surface area is 149 Å². The number of hydrogen-bond donors (Lipinski definition) is 2. The monoisotopic (exact) mass is 360 g/mol. The zero-order chi connectivity index (χ0) is 19.3. The van der Waals surface area contributed by atoms with E-state index in [0.29, 0.717) is 0 Å². The van der Waals surface area contributed by atoms with Crippen LogP contribution in [0.4, 0.5) is 5.69 Å². The number of nitro groups is 1. The molecule has 0 aliphatic rings. The van der Waals surface area contributed by atoms with E-state index >= 15 is 0 Å². The smallest absolute Gasteiger partial charge is 0.308 e. The third kappa shape index (κ3) is 4.44. The Kier molecular flexibility index (Phi) is 5.71. The molecule has 0 aliphatic heterocycles. The largest absolute Gasteiger partial charge is 0.481 e. The molecule has 1 amide bonds. The molecule has 1 aromatic heterocycles. The molecule has 2 aromatic rings. The van der Waals surface area contributed by atoms with E-state index in [2.05, 4.69) is 10.4 Å². The van der Waals surface area contributed by atoms with Gasteiger partial charge < -0.3 is 10.4 Å². The van der Waals surface area contributed by atoms with Crippen LogP contribution in [0.5, 0.6) is 0 Å². The van der Waals surface area contributed by atoms with Crippen molar-refractivity contribution < 1.29 is 19.6 Å². The van der Waals surface area contributed by atoms with Crippen molar-refractivity contribution in [2.24, 2.45) is 5.92 Å². The molecule has 9 nitrogen and oxygen atoms in total. The van der Waals surface area contributed by atoms with Gasteiger partial charge in [-0.05, 0) is 25.8 Å². The second-order valence-corrected chi connectivity index (χ2v) is 6.39. The van der Waals surface area contributed by atoms with Crippen molar-refractivity contribution in [3.8, 4) is 0 Å². The summed E-state index contributed by atoms with van der Waals surface area (Å²) < 4.78 is 1.19. The summed E-state index contributed by atoms with van der Waals surface area (Å²) in [5.74, 6) is -2.28. The number of aliphatic carboxylic acids is 1. The Morgan fingerprint density at radius 1 is 1.35 bits per heavy atom. The molecular weight excluding hydrogens is 340 g/mol. The summed E-state index contributed by atoms with van der Waals surface area (Å²) in [4.78, 5) is 34.1. The SMILES string of the molecule is CC(C)(C(=O)NCC(Cc1ccccc1)C(=O)O)n1cc([N+](=O)[O-])cn1. The lowest BCUT2D eigenvalue weighted by atomic mass is 9.98. The maximum Gasteiger partial charge on any atom is 0.308 e. The molecule has 0 spiro atoms. The highest BCUT2D eigenvalue weighted by atomic mass is 16.6. The minimum Gasteiger partial charge on any atom is -0.481 e. The summed E-state index contributed by atoms with van der Waals surface area (Å²) in [6.45, 7) is 3.04. The summed E-state index contributed by atoms with van der Waals surface area (Å²) >= 11 is 0. The Hall–Kier alpha value is -3.23. The molecule has 0 fully saturated rings. The molecule has 0 saturated heterocycles. The van der Waals surface area contributed by atoms with Crippen molar-refractivity contribution in [2.45, 2.75) is 25.8 Å². The van der Waals surface area contributed by atoms with Crippen LogP contribution in [0, 0.1) is 16.0 Å². The first-order chi connectivity index (χ1) is 12.2. The standard InChI is InChI=1S/C17H20N4O5/c1-17(2,20-11-14(10-19-20)21(25)26)16(24)18-9-13(15(22)23)8-12-6-4-3-5-7-12/h3-7,10-11,13H,8-9H2,1-2H3,(H,18,24)(H,22,23). The van der Waals surface area contributed by atoms with Gasteiger partial charge in [-0.25, -0.2) is 0 Å². The third-order valence-electron chi connectivity index (χ3n) is 4.09. The summed E-state index contributed by atoms with van der Waals surface area (Å²) in [7, 11) is 0. The Morgan fingerprint density at radius 3 is 2.54 bits per heavy atom. The maximum atomic E-state index is 12.5. The highest BCUT2D eigenvalue weighted by molar-refractivity contribution is 5.84. The van der Waals surface area contributed by atoms with Gasteiger partial charge in [0.2, 0.25) is 5.91 Å². The van der Waals surface area contributed by atoms with Crippen LogP contribution in [0.15, 0.2) is 42.7 Å². The van der Waals surface area contributed by atoms with Crippen molar-refractivity contribution in [1.29, 1.82) is 0 Å². The first-order valence-corrected chi connectivity index (χ1v) is 7.96. The number of aromatic nitrogens is 2. The highest BCUT2D eigenvalue weighted by Gasteiger charge is 2.33. The molecule has 0 radical (unpaired) electrons. The van der Waals surface area contributed by atoms with Gasteiger partial charge in [-0.1, -0.05) is 30.3 Å². The van der Waals surface area contributed by atoms with E-state index in [1.165, 1.54) is 4.68 Å². The number of nitrogens with one attached hydrogen (secondary N) is 1. The molecule has 0 aliphatic carbocycles. The predicted octanol–water partition coefficient (Wildman–Crippen LogP) is 1.59. The second-order valence-electron chi connectivity index (χ2n) is 6.39. The Morgan fingerprint density at radius 2 is 2.00 bits per heavy atom. The number of carbonyl (C=O) groups excluding carboxylic acids is 1. The summed E-state index contributed by atoms with van der Waals surface area (Å²) in [5.41, 5.74) is -0.571. The molecule has 1 heterocycles. The highest BCUT2D eigenvalue weighted by Crippen LogP contribution is 2.19. The van der Waals surface area contributed by atoms with E-state index in [4.69, 9.17) is 0 Å². The quantitative estimate of drug-likeness (QED) is 0.543. The summed E-state index contributed by atoms with van der Waals surface area (Å²) in [5, 5.41) is 26.6. The lowest BCUT2D eigenvalue weighted by Gasteiger charge is -2.25. The van der Waals surface area contributed by atoms with E-state index in [-0.39, 0.29) is 18.7 Å². The average Bonchev–Trinajstić information content (AvgIpc) is 3.10. The van der Waals surface area contributed by atoms with Crippen molar-refractivity contribution in [2.75, 3.05) is 6.54 Å². The van der Waals surface area contributed by atoms with Crippen molar-refractivity contribution >= 4 is 17.6 Å². The first kappa shape index (κ1) is 19.1. The number of hydrogen-bond acceptors (Lipinski definition) is 5. The number of carbonyl (C=O) groups is 2. The van der Waals surface area contributed by atoms with Gasteiger partial charge in [0.15, 0.2) is 0 Å². The molecule has 9 heteroatoms. The van der Waals surface area contributed by atoms with Crippen LogP contribution in [0.3, 0.4) is 0 Å². The fourth-order valence-corrected chi connectivity index (χ4v) is 2.39. The van der Waals surface area contributed by atoms with Gasteiger partial charge in [-0.15, -0.1) is 0 Å². The van der Waals surface area contributed by atoms with Gasteiger partial charge >= 0.3 is 11.7 Å². The Balaban J connectivity index is 2.04. The Bertz CT molecular complexity index is 800. The zero-order valence-corrected chi connectivity index (χ0v) is 14.5. The van der Waals surface area contributed by atoms with Gasteiger partial charge in [0.1, 0.15) is 17.9 Å². The minimum absolute atomic E-state index is 0.0597. The zero-order valence-electron chi connectivity index (χ0n) is 14.5. The van der Waals surface area contributed by atoms with Crippen molar-refractivity contribution in [1.82, 2.24) is 15.1 Å². The molecule has 2 rings (SSSR count). The predicted molar refractivity (Wildman–Crippen MR) is 92.5 cm³/mol. The van der Waals surface area contributed by atoms with Crippen LogP contribution in [-0.4, -0.2) is 38.2 Å². The first-order valence-electron chi connectivity index (χ1n) is 7.96. The van der Waals surface area contributed by atoms with Gasteiger partial charge in [0, 0.05) is 6.54 Å². The van der Waals surface area contributed by atoms with Gasteiger partial charge in [-0.3, -0.25) is 24.4 Å². The molecule has 1 atom stereocenters. The van der Waals surface area contributed by atoms with Crippen LogP contribution in [-0.2, 0) is 21.5 Å². The van der Waals surface area contributed by atoms with Gasteiger partial charge in [-0.2, -0.15) is 5.10 Å². The van der Waals surface area contributed by atoms with Crippen LogP contribution >= 0.6 is 0 Å². The molecule has 0 bridgehead atoms. The molecule has 26 heavy (non-hydrogen) atoms. The van der Waals surface area contributed by atoms with Crippen molar-refractivity contribution in [3.63, 3.8) is 0 Å². The molecular formula is C17H20N4O5. The maximum absolute atomic E-state index is 12.5. The molecule has 2 N–H and O–H groups in total. The van der Waals surface area contributed by atoms with Crippen molar-refractivity contribution in [3.05, 3.63) is 58.4 Å². The van der Waals surface area contributed by atoms with E-state index in [9.17, 15) is 24.8 Å². The summed E-state index contributed by atoms with van der Waals surface area (Å²) in [6, 6.07) is 9.13. The number of amides is 1. The number of benzene rings is 1. The van der Waals surface area contributed by atoms with Gasteiger partial charge in [0.25, 0.3) is 0 Å². The normalized spacial score (nSPS) is 12.4. The van der Waals surface area contributed by atoms with Gasteiger partial charge in [0.05, 0.1) is 10.8 Å². The molecule has 0 saturated carbocycles. The topological polar surface area (TPSA) is 127 Å². The minimum atomic E-state index is -1.20. The van der Waals surface area contributed by atoms with Crippen LogP contribution < -0.4 is 5.32 Å². The van der Waals surface area contributed by atoms with E-state index in [0.717, 1.165) is 18.0 Å². The number of rotatable bonds is 8. The van der Waals surface area contributed by atoms with Crippen LogP contribution in [0.1, 0.15) is 19.4 Å². The van der Waals surface area contributed by atoms with E-state index < -0.39 is 28.3 Å². The van der Waals surface area contributed by atoms with Crippen LogP contribution in [0.2, 0.25) is 0 Å². The summed E-state index contributed by atoms with van der Waals surface area (Å²) in [6.07, 6.45) is 2.51. The molecule has 138 valence electrons.